The van der Waals surface area contributed by atoms with Gasteiger partial charge in [-0.25, -0.2) is 0 Å². The first-order valence-electron chi connectivity index (χ1n) is 9.94. The van der Waals surface area contributed by atoms with Gasteiger partial charge in [0.25, 0.3) is 5.91 Å². The zero-order valence-electron chi connectivity index (χ0n) is 17.1. The van der Waals surface area contributed by atoms with E-state index in [0.29, 0.717) is 45.5 Å². The molecule has 4 nitrogen and oxygen atoms in total. The quantitative estimate of drug-likeness (QED) is 0.401. The molecule has 4 aromatic rings. The van der Waals surface area contributed by atoms with Crippen molar-refractivity contribution in [3.05, 3.63) is 89.5 Å². The monoisotopic (exact) mass is 433 g/mol. The topological polar surface area (TPSA) is 57.8 Å². The van der Waals surface area contributed by atoms with E-state index >= 15 is 0 Å². The number of nitrogens with one attached hydrogen (secondary N) is 1. The molecule has 0 bridgehead atoms. The second kappa shape index (κ2) is 8.23. The molecule has 0 saturated heterocycles. The number of nitriles is 1. The highest BCUT2D eigenvalue weighted by Crippen LogP contribution is 2.37. The highest BCUT2D eigenvalue weighted by molar-refractivity contribution is 6.04. The Bertz CT molecular complexity index is 1330. The van der Waals surface area contributed by atoms with Gasteiger partial charge in [-0.15, -0.1) is 0 Å². The number of carbonyl (C=O) groups is 1. The van der Waals surface area contributed by atoms with Crippen LogP contribution in [0.15, 0.2) is 72.8 Å². The molecule has 160 valence electrons. The van der Waals surface area contributed by atoms with Crippen molar-refractivity contribution in [2.75, 3.05) is 5.32 Å². The number of nitrogens with zero attached hydrogens (tertiary/aromatic N) is 2. The molecule has 0 unspecified atom stereocenters. The van der Waals surface area contributed by atoms with E-state index in [9.17, 15) is 23.2 Å². The Kier molecular flexibility index (Phi) is 5.45. The molecule has 3 aromatic carbocycles. The van der Waals surface area contributed by atoms with Gasteiger partial charge in [0.15, 0.2) is 0 Å². The molecule has 0 aliphatic carbocycles. The Hall–Kier alpha value is -4.05. The van der Waals surface area contributed by atoms with Gasteiger partial charge in [-0.3, -0.25) is 4.79 Å². The van der Waals surface area contributed by atoms with Crippen LogP contribution in [0, 0.1) is 11.3 Å². The van der Waals surface area contributed by atoms with Crippen LogP contribution in [0.3, 0.4) is 0 Å². The van der Waals surface area contributed by atoms with Gasteiger partial charge in [-0.2, -0.15) is 18.4 Å². The first-order valence-corrected chi connectivity index (χ1v) is 9.94. The molecule has 1 amide bonds. The van der Waals surface area contributed by atoms with Gasteiger partial charge in [0.05, 0.1) is 22.3 Å². The summed E-state index contributed by atoms with van der Waals surface area (Å²) in [6, 6.07) is 21.2. The number of hydrogen-bond acceptors (Lipinski definition) is 2. The number of rotatable bonds is 4. The van der Waals surface area contributed by atoms with Crippen molar-refractivity contribution in [3.63, 3.8) is 0 Å². The second-order valence-corrected chi connectivity index (χ2v) is 7.21. The van der Waals surface area contributed by atoms with Crippen LogP contribution in [0.1, 0.15) is 28.4 Å². The average Bonchev–Trinajstić information content (AvgIpc) is 3.12. The molecule has 0 saturated carbocycles. The molecule has 0 radical (unpaired) electrons. The summed E-state index contributed by atoms with van der Waals surface area (Å²) in [5, 5.41) is 13.1. The maximum Gasteiger partial charge on any atom is 0.416 e. The maximum absolute atomic E-state index is 13.2. The Balaban J connectivity index is 1.74. The third-order valence-electron chi connectivity index (χ3n) is 5.27. The SMILES string of the molecule is CCn1c(-c2ccc(NC(=O)c3ccccc3)cc2)c(C#N)c2ccc(C(F)(F)F)cc21. The van der Waals surface area contributed by atoms with Gasteiger partial charge in [0, 0.05) is 23.2 Å². The summed E-state index contributed by atoms with van der Waals surface area (Å²) >= 11 is 0. The molecule has 4 rings (SSSR count). The predicted octanol–water partition coefficient (Wildman–Crippen LogP) is 6.47. The fraction of sp³-hybridized carbons (Fsp3) is 0.120. The zero-order valence-corrected chi connectivity index (χ0v) is 17.1. The van der Waals surface area contributed by atoms with Crippen molar-refractivity contribution >= 4 is 22.5 Å². The number of fused-ring (bicyclic) bond motifs is 1. The first-order chi connectivity index (χ1) is 15.3. The number of anilines is 1. The number of benzene rings is 3. The van der Waals surface area contributed by atoms with E-state index in [1.165, 1.54) is 6.07 Å². The van der Waals surface area contributed by atoms with E-state index in [4.69, 9.17) is 0 Å². The van der Waals surface area contributed by atoms with Crippen LogP contribution < -0.4 is 5.32 Å². The summed E-state index contributed by atoms with van der Waals surface area (Å²) in [6.07, 6.45) is -4.47. The van der Waals surface area contributed by atoms with Crippen LogP contribution in [-0.2, 0) is 12.7 Å². The minimum Gasteiger partial charge on any atom is -0.340 e. The Morgan fingerprint density at radius 3 is 2.31 bits per heavy atom. The molecule has 1 N–H and O–H groups in total. The van der Waals surface area contributed by atoms with E-state index in [1.807, 2.05) is 13.0 Å². The van der Waals surface area contributed by atoms with Crippen molar-refractivity contribution in [1.29, 1.82) is 5.26 Å². The van der Waals surface area contributed by atoms with Crippen LogP contribution in [0.4, 0.5) is 18.9 Å². The number of halogens is 3. The van der Waals surface area contributed by atoms with Gasteiger partial charge in [-0.1, -0.05) is 36.4 Å². The number of hydrogen-bond donors (Lipinski definition) is 1. The fourth-order valence-electron chi connectivity index (χ4n) is 3.77. The van der Waals surface area contributed by atoms with Crippen LogP contribution in [0.2, 0.25) is 0 Å². The summed E-state index contributed by atoms with van der Waals surface area (Å²) in [4.78, 5) is 12.4. The van der Waals surface area contributed by atoms with Gasteiger partial charge in [0.2, 0.25) is 0 Å². The van der Waals surface area contributed by atoms with Crippen LogP contribution in [-0.4, -0.2) is 10.5 Å². The minimum atomic E-state index is -4.47. The lowest BCUT2D eigenvalue weighted by Gasteiger charge is -2.11. The molecule has 0 spiro atoms. The summed E-state index contributed by atoms with van der Waals surface area (Å²) in [6.45, 7) is 2.21. The predicted molar refractivity (Wildman–Crippen MR) is 117 cm³/mol. The van der Waals surface area contributed by atoms with Crippen molar-refractivity contribution in [2.24, 2.45) is 0 Å². The maximum atomic E-state index is 13.2. The van der Waals surface area contributed by atoms with E-state index in [1.54, 1.807) is 53.1 Å². The molecule has 1 aromatic heterocycles. The number of alkyl halides is 3. The minimum absolute atomic E-state index is 0.251. The van der Waals surface area contributed by atoms with Crippen LogP contribution in [0.5, 0.6) is 0 Å². The molecule has 32 heavy (non-hydrogen) atoms. The van der Waals surface area contributed by atoms with Crippen molar-refractivity contribution in [1.82, 2.24) is 4.57 Å². The highest BCUT2D eigenvalue weighted by Gasteiger charge is 2.31. The lowest BCUT2D eigenvalue weighted by Crippen LogP contribution is -2.11. The molecule has 7 heteroatoms. The molecular weight excluding hydrogens is 415 g/mol. The van der Waals surface area contributed by atoms with E-state index in [0.717, 1.165) is 12.1 Å². The largest absolute Gasteiger partial charge is 0.416 e. The summed E-state index contributed by atoms with van der Waals surface area (Å²) in [7, 11) is 0. The van der Waals surface area contributed by atoms with Gasteiger partial charge in [-0.05, 0) is 48.9 Å². The lowest BCUT2D eigenvalue weighted by atomic mass is 10.0. The number of carbonyl (C=O) groups excluding carboxylic acids is 1. The third kappa shape index (κ3) is 3.83. The normalized spacial score (nSPS) is 11.3. The number of aromatic nitrogens is 1. The average molecular weight is 433 g/mol. The van der Waals surface area contributed by atoms with Crippen molar-refractivity contribution < 1.29 is 18.0 Å². The van der Waals surface area contributed by atoms with Gasteiger partial charge >= 0.3 is 6.18 Å². The van der Waals surface area contributed by atoms with E-state index in [2.05, 4.69) is 11.4 Å². The van der Waals surface area contributed by atoms with Crippen LogP contribution >= 0.6 is 0 Å². The summed E-state index contributed by atoms with van der Waals surface area (Å²) < 4.78 is 41.4. The van der Waals surface area contributed by atoms with E-state index < -0.39 is 11.7 Å². The van der Waals surface area contributed by atoms with Gasteiger partial charge < -0.3 is 9.88 Å². The molecule has 0 fully saturated rings. The van der Waals surface area contributed by atoms with Crippen molar-refractivity contribution in [3.8, 4) is 17.3 Å². The molecule has 1 heterocycles. The Morgan fingerprint density at radius 1 is 1.03 bits per heavy atom. The van der Waals surface area contributed by atoms with E-state index in [-0.39, 0.29) is 5.91 Å². The molecule has 0 aliphatic heterocycles. The first kappa shape index (κ1) is 21.2. The van der Waals surface area contributed by atoms with Gasteiger partial charge in [0.1, 0.15) is 6.07 Å². The molecule has 0 atom stereocenters. The summed E-state index contributed by atoms with van der Waals surface area (Å²) in [5.74, 6) is -0.251. The second-order valence-electron chi connectivity index (χ2n) is 7.21. The van der Waals surface area contributed by atoms with Crippen molar-refractivity contribution in [2.45, 2.75) is 19.6 Å². The molecule has 0 aliphatic rings. The Labute approximate surface area is 182 Å². The standard InChI is InChI=1S/C25H18F3N3O/c1-2-31-22-14-18(25(26,27)28)10-13-20(22)21(15-29)23(31)16-8-11-19(12-9-16)30-24(32)17-6-4-3-5-7-17/h3-14H,2H2,1H3,(H,30,32). The number of amides is 1. The zero-order chi connectivity index (χ0) is 22.9. The fourth-order valence-corrected chi connectivity index (χ4v) is 3.77. The third-order valence-corrected chi connectivity index (χ3v) is 5.27. The lowest BCUT2D eigenvalue weighted by molar-refractivity contribution is -0.137. The number of aryl methyl sites for hydroxylation is 1. The van der Waals surface area contributed by atoms with Crippen LogP contribution in [0.25, 0.3) is 22.2 Å². The molecular formula is C25H18F3N3O. The summed E-state index contributed by atoms with van der Waals surface area (Å²) in [5.41, 5.74) is 2.23. The Morgan fingerprint density at radius 2 is 1.72 bits per heavy atom. The smallest absolute Gasteiger partial charge is 0.340 e. The highest BCUT2D eigenvalue weighted by atomic mass is 19.4.